The number of ether oxygens (including phenoxy) is 1. The van der Waals surface area contributed by atoms with Gasteiger partial charge in [-0.25, -0.2) is 4.98 Å². The zero-order valence-corrected chi connectivity index (χ0v) is 9.22. The van der Waals surface area contributed by atoms with Crippen LogP contribution in [0.25, 0.3) is 11.3 Å². The summed E-state index contributed by atoms with van der Waals surface area (Å²) in [6, 6.07) is 7.47. The molecule has 0 atom stereocenters. The van der Waals surface area contributed by atoms with Crippen LogP contribution in [0.1, 0.15) is 12.8 Å². The normalized spacial score (nSPS) is 14.6. The highest BCUT2D eigenvalue weighted by molar-refractivity contribution is 5.58. The molecule has 0 amide bonds. The molecule has 1 aromatic carbocycles. The van der Waals surface area contributed by atoms with E-state index in [1.807, 2.05) is 24.3 Å². The number of nitrogens with one attached hydrogen (secondary N) is 1. The summed E-state index contributed by atoms with van der Waals surface area (Å²) in [7, 11) is 0. The summed E-state index contributed by atoms with van der Waals surface area (Å²) < 4.78 is 5.64. The third-order valence-corrected chi connectivity index (χ3v) is 2.66. The maximum Gasteiger partial charge on any atom is 0.274 e. The van der Waals surface area contributed by atoms with Gasteiger partial charge in [-0.15, -0.1) is 0 Å². The van der Waals surface area contributed by atoms with E-state index in [4.69, 9.17) is 4.74 Å². The van der Waals surface area contributed by atoms with Crippen molar-refractivity contribution in [3.63, 3.8) is 0 Å². The summed E-state index contributed by atoms with van der Waals surface area (Å²) in [4.78, 5) is 18.2. The van der Waals surface area contributed by atoms with E-state index in [9.17, 15) is 4.79 Å². The standard InChI is InChI=1S/C13H12N2O2/c16-13-12(14-7-8-15-13)9-1-3-10(4-2-9)17-11-5-6-11/h1-4,7-8,11H,5-6H2,(H,15,16). The van der Waals surface area contributed by atoms with Gasteiger partial charge in [0, 0.05) is 18.0 Å². The van der Waals surface area contributed by atoms with Crippen LogP contribution < -0.4 is 10.3 Å². The molecule has 4 heteroatoms. The quantitative estimate of drug-likeness (QED) is 0.873. The van der Waals surface area contributed by atoms with Crippen molar-refractivity contribution in [2.75, 3.05) is 0 Å². The maximum atomic E-state index is 11.5. The molecule has 0 spiro atoms. The molecule has 86 valence electrons. The van der Waals surface area contributed by atoms with Crippen LogP contribution in [-0.2, 0) is 0 Å². The first-order valence-corrected chi connectivity index (χ1v) is 5.64. The van der Waals surface area contributed by atoms with Gasteiger partial charge in [-0.3, -0.25) is 4.79 Å². The van der Waals surface area contributed by atoms with Crippen LogP contribution in [0.4, 0.5) is 0 Å². The van der Waals surface area contributed by atoms with Crippen molar-refractivity contribution in [3.05, 3.63) is 47.0 Å². The molecule has 17 heavy (non-hydrogen) atoms. The number of nitrogens with zero attached hydrogens (tertiary/aromatic N) is 1. The van der Waals surface area contributed by atoms with Crippen molar-refractivity contribution in [2.24, 2.45) is 0 Å². The Balaban J connectivity index is 1.88. The molecule has 0 bridgehead atoms. The first kappa shape index (κ1) is 10.1. The van der Waals surface area contributed by atoms with Gasteiger partial charge >= 0.3 is 0 Å². The van der Waals surface area contributed by atoms with Gasteiger partial charge in [-0.05, 0) is 37.1 Å². The van der Waals surface area contributed by atoms with E-state index < -0.39 is 0 Å². The number of hydrogen-bond donors (Lipinski definition) is 1. The molecule has 0 radical (unpaired) electrons. The Labute approximate surface area is 98.3 Å². The highest BCUT2D eigenvalue weighted by Gasteiger charge is 2.23. The fourth-order valence-corrected chi connectivity index (χ4v) is 1.63. The van der Waals surface area contributed by atoms with E-state index in [1.54, 1.807) is 6.20 Å². The van der Waals surface area contributed by atoms with E-state index >= 15 is 0 Å². The minimum atomic E-state index is -0.177. The summed E-state index contributed by atoms with van der Waals surface area (Å²) in [5, 5.41) is 0. The second kappa shape index (κ2) is 4.05. The molecule has 1 heterocycles. The average Bonchev–Trinajstić information content (AvgIpc) is 3.15. The maximum absolute atomic E-state index is 11.5. The number of hydrogen-bond acceptors (Lipinski definition) is 3. The fourth-order valence-electron chi connectivity index (χ4n) is 1.63. The minimum Gasteiger partial charge on any atom is -0.490 e. The smallest absolute Gasteiger partial charge is 0.274 e. The average molecular weight is 228 g/mol. The summed E-state index contributed by atoms with van der Waals surface area (Å²) in [6.45, 7) is 0. The number of aromatic nitrogens is 2. The Hall–Kier alpha value is -2.10. The van der Waals surface area contributed by atoms with Crippen molar-refractivity contribution in [1.29, 1.82) is 0 Å². The van der Waals surface area contributed by atoms with Crippen LogP contribution in [0, 0.1) is 0 Å². The second-order valence-electron chi connectivity index (χ2n) is 4.11. The molecule has 4 nitrogen and oxygen atoms in total. The SMILES string of the molecule is O=c1[nH]ccnc1-c1ccc(OC2CC2)cc1. The van der Waals surface area contributed by atoms with Gasteiger partial charge in [-0.1, -0.05) is 0 Å². The van der Waals surface area contributed by atoms with Gasteiger partial charge in [0.05, 0.1) is 6.10 Å². The Bertz CT molecular complexity index is 570. The highest BCUT2D eigenvalue weighted by Crippen LogP contribution is 2.27. The van der Waals surface area contributed by atoms with Crippen molar-refractivity contribution in [2.45, 2.75) is 18.9 Å². The third kappa shape index (κ3) is 2.20. The Morgan fingerprint density at radius 1 is 1.24 bits per heavy atom. The first-order valence-electron chi connectivity index (χ1n) is 5.64. The topological polar surface area (TPSA) is 55.0 Å². The Kier molecular flexibility index (Phi) is 2.40. The van der Waals surface area contributed by atoms with E-state index in [0.717, 1.165) is 24.2 Å². The van der Waals surface area contributed by atoms with Crippen LogP contribution in [0.5, 0.6) is 5.75 Å². The van der Waals surface area contributed by atoms with Crippen molar-refractivity contribution in [3.8, 4) is 17.0 Å². The lowest BCUT2D eigenvalue weighted by Gasteiger charge is -2.04. The van der Waals surface area contributed by atoms with Crippen LogP contribution >= 0.6 is 0 Å². The lowest BCUT2D eigenvalue weighted by Crippen LogP contribution is -2.09. The van der Waals surface area contributed by atoms with E-state index in [1.165, 1.54) is 6.20 Å². The predicted octanol–water partition coefficient (Wildman–Crippen LogP) is 1.98. The molecule has 1 aliphatic rings. The molecule has 1 fully saturated rings. The molecule has 1 aliphatic carbocycles. The van der Waals surface area contributed by atoms with Gasteiger partial charge in [0.2, 0.25) is 0 Å². The molecule has 0 aliphatic heterocycles. The Morgan fingerprint density at radius 2 is 2.00 bits per heavy atom. The lowest BCUT2D eigenvalue weighted by atomic mass is 10.1. The molecular weight excluding hydrogens is 216 g/mol. The van der Waals surface area contributed by atoms with Crippen LogP contribution in [-0.4, -0.2) is 16.1 Å². The van der Waals surface area contributed by atoms with Crippen LogP contribution in [0.3, 0.4) is 0 Å². The molecule has 1 saturated carbocycles. The minimum absolute atomic E-state index is 0.177. The summed E-state index contributed by atoms with van der Waals surface area (Å²) in [5.74, 6) is 0.851. The van der Waals surface area contributed by atoms with Gasteiger partial charge < -0.3 is 9.72 Å². The first-order chi connectivity index (χ1) is 8.33. The summed E-state index contributed by atoms with van der Waals surface area (Å²) >= 11 is 0. The zero-order valence-electron chi connectivity index (χ0n) is 9.22. The largest absolute Gasteiger partial charge is 0.490 e. The Morgan fingerprint density at radius 3 is 2.65 bits per heavy atom. The number of rotatable bonds is 3. The highest BCUT2D eigenvalue weighted by atomic mass is 16.5. The van der Waals surface area contributed by atoms with Gasteiger partial charge in [0.15, 0.2) is 0 Å². The van der Waals surface area contributed by atoms with E-state index in [2.05, 4.69) is 9.97 Å². The van der Waals surface area contributed by atoms with Gasteiger partial charge in [0.25, 0.3) is 5.56 Å². The molecule has 3 rings (SSSR count). The van der Waals surface area contributed by atoms with Gasteiger partial charge in [-0.2, -0.15) is 0 Å². The number of aromatic amines is 1. The zero-order chi connectivity index (χ0) is 11.7. The second-order valence-corrected chi connectivity index (χ2v) is 4.11. The van der Waals surface area contributed by atoms with E-state index in [-0.39, 0.29) is 5.56 Å². The summed E-state index contributed by atoms with van der Waals surface area (Å²) in [5.41, 5.74) is 1.06. The van der Waals surface area contributed by atoms with Gasteiger partial charge in [0.1, 0.15) is 11.4 Å². The van der Waals surface area contributed by atoms with Crippen molar-refractivity contribution in [1.82, 2.24) is 9.97 Å². The number of H-pyrrole nitrogens is 1. The summed E-state index contributed by atoms with van der Waals surface area (Å²) in [6.07, 6.45) is 5.77. The van der Waals surface area contributed by atoms with Crippen molar-refractivity contribution < 1.29 is 4.74 Å². The van der Waals surface area contributed by atoms with E-state index in [0.29, 0.717) is 11.8 Å². The third-order valence-electron chi connectivity index (χ3n) is 2.66. The molecular formula is C13H12N2O2. The molecule has 1 aromatic heterocycles. The molecule has 0 saturated heterocycles. The monoisotopic (exact) mass is 228 g/mol. The number of benzene rings is 1. The predicted molar refractivity (Wildman–Crippen MR) is 63.9 cm³/mol. The molecule has 0 unspecified atom stereocenters. The van der Waals surface area contributed by atoms with Crippen LogP contribution in [0.2, 0.25) is 0 Å². The molecule has 1 N–H and O–H groups in total. The lowest BCUT2D eigenvalue weighted by molar-refractivity contribution is 0.303. The van der Waals surface area contributed by atoms with Crippen molar-refractivity contribution >= 4 is 0 Å². The fraction of sp³-hybridized carbons (Fsp3) is 0.231. The molecule has 2 aromatic rings. The van der Waals surface area contributed by atoms with Crippen LogP contribution in [0.15, 0.2) is 41.5 Å².